The summed E-state index contributed by atoms with van der Waals surface area (Å²) in [5.41, 5.74) is 9.07. The molecule has 0 amide bonds. The lowest BCUT2D eigenvalue weighted by Gasteiger charge is -2.04. The van der Waals surface area contributed by atoms with Gasteiger partial charge >= 0.3 is 0 Å². The Morgan fingerprint density at radius 2 is 2.20 bits per heavy atom. The molecule has 0 spiro atoms. The molecule has 0 aromatic carbocycles. The summed E-state index contributed by atoms with van der Waals surface area (Å²) in [5, 5.41) is 1.18. The van der Waals surface area contributed by atoms with Crippen LogP contribution in [0.25, 0.3) is 11.0 Å². The van der Waals surface area contributed by atoms with Crippen LogP contribution < -0.4 is 5.73 Å². The SMILES string of the molecule is NCCc1cn(Cc2cncc(Br)c2)c2ncccc12. The maximum absolute atomic E-state index is 5.69. The van der Waals surface area contributed by atoms with E-state index in [9.17, 15) is 0 Å². The van der Waals surface area contributed by atoms with E-state index in [1.807, 2.05) is 18.5 Å². The second-order valence-electron chi connectivity index (χ2n) is 4.71. The Labute approximate surface area is 125 Å². The number of pyridine rings is 2. The number of hydrogen-bond donors (Lipinski definition) is 1. The second-order valence-corrected chi connectivity index (χ2v) is 5.62. The smallest absolute Gasteiger partial charge is 0.140 e. The molecule has 0 aliphatic heterocycles. The predicted octanol–water partition coefficient (Wildman–Crippen LogP) is 2.74. The Bertz CT molecular complexity index is 736. The van der Waals surface area contributed by atoms with E-state index < -0.39 is 0 Å². The Morgan fingerprint density at radius 1 is 1.30 bits per heavy atom. The van der Waals surface area contributed by atoms with Gasteiger partial charge in [-0.05, 0) is 58.2 Å². The minimum Gasteiger partial charge on any atom is -0.330 e. The highest BCUT2D eigenvalue weighted by molar-refractivity contribution is 9.10. The highest BCUT2D eigenvalue weighted by Gasteiger charge is 2.09. The average molecular weight is 331 g/mol. The Balaban J connectivity index is 2.03. The van der Waals surface area contributed by atoms with Gasteiger partial charge < -0.3 is 10.3 Å². The lowest BCUT2D eigenvalue weighted by atomic mass is 10.2. The van der Waals surface area contributed by atoms with Crippen molar-refractivity contribution in [3.8, 4) is 0 Å². The van der Waals surface area contributed by atoms with E-state index in [2.05, 4.69) is 48.8 Å². The van der Waals surface area contributed by atoms with E-state index in [0.717, 1.165) is 28.6 Å². The van der Waals surface area contributed by atoms with Gasteiger partial charge in [-0.1, -0.05) is 0 Å². The van der Waals surface area contributed by atoms with Crippen LogP contribution in [0.5, 0.6) is 0 Å². The lowest BCUT2D eigenvalue weighted by molar-refractivity contribution is 0.812. The third-order valence-electron chi connectivity index (χ3n) is 3.24. The molecule has 0 aliphatic carbocycles. The number of fused-ring (bicyclic) bond motifs is 1. The fourth-order valence-electron chi connectivity index (χ4n) is 2.41. The van der Waals surface area contributed by atoms with Crippen molar-refractivity contribution >= 4 is 27.0 Å². The molecule has 0 unspecified atom stereocenters. The van der Waals surface area contributed by atoms with Crippen molar-refractivity contribution in [1.29, 1.82) is 0 Å². The molecule has 0 atom stereocenters. The van der Waals surface area contributed by atoms with Gasteiger partial charge in [0.2, 0.25) is 0 Å². The first-order chi connectivity index (χ1) is 9.78. The zero-order valence-corrected chi connectivity index (χ0v) is 12.5. The molecule has 0 saturated carbocycles. The summed E-state index contributed by atoms with van der Waals surface area (Å²) in [6.07, 6.45) is 8.50. The topological polar surface area (TPSA) is 56.7 Å². The summed E-state index contributed by atoms with van der Waals surface area (Å²) < 4.78 is 3.14. The largest absolute Gasteiger partial charge is 0.330 e. The molecule has 0 fully saturated rings. The summed E-state index contributed by atoms with van der Waals surface area (Å²) >= 11 is 3.45. The van der Waals surface area contributed by atoms with Gasteiger partial charge in [0, 0.05) is 34.6 Å². The van der Waals surface area contributed by atoms with Crippen molar-refractivity contribution in [3.63, 3.8) is 0 Å². The molecule has 0 bridgehead atoms. The maximum Gasteiger partial charge on any atom is 0.140 e. The first-order valence-corrected chi connectivity index (χ1v) is 7.29. The van der Waals surface area contributed by atoms with Crippen molar-refractivity contribution < 1.29 is 0 Å². The van der Waals surface area contributed by atoms with Crippen LogP contribution in [0, 0.1) is 0 Å². The molecule has 3 aromatic rings. The molecule has 0 saturated heterocycles. The number of aromatic nitrogens is 3. The maximum atomic E-state index is 5.69. The van der Waals surface area contributed by atoms with Crippen LogP contribution in [0.4, 0.5) is 0 Å². The number of hydrogen-bond acceptors (Lipinski definition) is 3. The number of rotatable bonds is 4. The molecule has 3 aromatic heterocycles. The predicted molar refractivity (Wildman–Crippen MR) is 83.5 cm³/mol. The number of halogens is 1. The Kier molecular flexibility index (Phi) is 3.80. The molecule has 3 rings (SSSR count). The Hall–Kier alpha value is -1.72. The third-order valence-corrected chi connectivity index (χ3v) is 3.68. The van der Waals surface area contributed by atoms with Gasteiger partial charge in [-0.25, -0.2) is 4.98 Å². The molecule has 102 valence electrons. The van der Waals surface area contributed by atoms with E-state index >= 15 is 0 Å². The molecule has 4 nitrogen and oxygen atoms in total. The van der Waals surface area contributed by atoms with E-state index in [1.54, 1.807) is 6.20 Å². The van der Waals surface area contributed by atoms with Crippen LogP contribution in [0.15, 0.2) is 47.5 Å². The fraction of sp³-hybridized carbons (Fsp3) is 0.200. The summed E-state index contributed by atoms with van der Waals surface area (Å²) in [6, 6.07) is 6.14. The van der Waals surface area contributed by atoms with Crippen LogP contribution in [0.2, 0.25) is 0 Å². The van der Waals surface area contributed by atoms with Crippen molar-refractivity contribution in [3.05, 3.63) is 58.6 Å². The van der Waals surface area contributed by atoms with Gasteiger partial charge in [-0.3, -0.25) is 4.98 Å². The van der Waals surface area contributed by atoms with Crippen LogP contribution in [0.3, 0.4) is 0 Å². The lowest BCUT2D eigenvalue weighted by Crippen LogP contribution is -2.02. The fourth-order valence-corrected chi connectivity index (χ4v) is 2.82. The summed E-state index contributed by atoms with van der Waals surface area (Å²) in [5.74, 6) is 0. The van der Waals surface area contributed by atoms with Crippen molar-refractivity contribution in [2.45, 2.75) is 13.0 Å². The molecule has 0 radical (unpaired) electrons. The van der Waals surface area contributed by atoms with E-state index in [4.69, 9.17) is 5.73 Å². The van der Waals surface area contributed by atoms with Crippen molar-refractivity contribution in [2.75, 3.05) is 6.54 Å². The first kappa shape index (κ1) is 13.3. The van der Waals surface area contributed by atoms with Gasteiger partial charge in [-0.15, -0.1) is 0 Å². The summed E-state index contributed by atoms with van der Waals surface area (Å²) in [6.45, 7) is 1.40. The minimum atomic E-state index is 0.645. The highest BCUT2D eigenvalue weighted by atomic mass is 79.9. The molecule has 3 heterocycles. The van der Waals surface area contributed by atoms with Gasteiger partial charge in [0.25, 0.3) is 0 Å². The summed E-state index contributed by atoms with van der Waals surface area (Å²) in [7, 11) is 0. The standard InChI is InChI=1S/C15H15BrN4/c16-13-6-11(7-18-8-13)9-20-10-12(3-4-17)14-2-1-5-19-15(14)20/h1-2,5-8,10H,3-4,9,17H2. The molecule has 0 aliphatic rings. The van der Waals surface area contributed by atoms with E-state index in [1.165, 1.54) is 10.9 Å². The molecule has 2 N–H and O–H groups in total. The number of nitrogens with two attached hydrogens (primary N) is 1. The number of nitrogens with zero attached hydrogens (tertiary/aromatic N) is 3. The van der Waals surface area contributed by atoms with Crippen LogP contribution >= 0.6 is 15.9 Å². The van der Waals surface area contributed by atoms with E-state index in [0.29, 0.717) is 6.54 Å². The Morgan fingerprint density at radius 3 is 3.00 bits per heavy atom. The average Bonchev–Trinajstić information content (AvgIpc) is 2.78. The quantitative estimate of drug-likeness (QED) is 0.800. The van der Waals surface area contributed by atoms with Crippen molar-refractivity contribution in [2.24, 2.45) is 5.73 Å². The second kappa shape index (κ2) is 5.73. The normalized spacial score (nSPS) is 11.1. The zero-order chi connectivity index (χ0) is 13.9. The zero-order valence-electron chi connectivity index (χ0n) is 11.0. The first-order valence-electron chi connectivity index (χ1n) is 6.50. The van der Waals surface area contributed by atoms with Gasteiger partial charge in [0.05, 0.1) is 6.54 Å². The summed E-state index contributed by atoms with van der Waals surface area (Å²) in [4.78, 5) is 8.70. The van der Waals surface area contributed by atoms with Gasteiger partial charge in [0.15, 0.2) is 0 Å². The van der Waals surface area contributed by atoms with Crippen LogP contribution in [-0.2, 0) is 13.0 Å². The van der Waals surface area contributed by atoms with Crippen molar-refractivity contribution in [1.82, 2.24) is 14.5 Å². The molecule has 20 heavy (non-hydrogen) atoms. The highest BCUT2D eigenvalue weighted by Crippen LogP contribution is 2.21. The van der Waals surface area contributed by atoms with Gasteiger partial charge in [-0.2, -0.15) is 0 Å². The minimum absolute atomic E-state index is 0.645. The third kappa shape index (κ3) is 2.59. The molecular formula is C15H15BrN4. The van der Waals surface area contributed by atoms with Crippen LogP contribution in [0.1, 0.15) is 11.1 Å². The molecular weight excluding hydrogens is 316 g/mol. The van der Waals surface area contributed by atoms with Crippen LogP contribution in [-0.4, -0.2) is 21.1 Å². The monoisotopic (exact) mass is 330 g/mol. The van der Waals surface area contributed by atoms with Gasteiger partial charge in [0.1, 0.15) is 5.65 Å². The molecule has 5 heteroatoms. The van der Waals surface area contributed by atoms with E-state index in [-0.39, 0.29) is 0 Å².